The zero-order chi connectivity index (χ0) is 15.6. The fourth-order valence-electron chi connectivity index (χ4n) is 2.47. The molecule has 0 amide bonds. The summed E-state index contributed by atoms with van der Waals surface area (Å²) in [7, 11) is 0. The van der Waals surface area contributed by atoms with E-state index in [4.69, 9.17) is 9.84 Å². The standard InChI is InChI=1S/C18H36O3/c1-2-3-4-5-6-7-8-9-10-11-12-13-16-21-17-14-15-18(19)20/h2-17H2,1H3,(H,19,20). The molecule has 0 aromatic heterocycles. The average Bonchev–Trinajstić information content (AvgIpc) is 2.46. The molecule has 0 bridgehead atoms. The predicted octanol–water partition coefficient (Wildman–Crippen LogP) is 5.57. The molecular weight excluding hydrogens is 264 g/mol. The van der Waals surface area contributed by atoms with Crippen LogP contribution >= 0.6 is 0 Å². The molecule has 0 aliphatic carbocycles. The van der Waals surface area contributed by atoms with Crippen LogP contribution in [-0.4, -0.2) is 24.3 Å². The normalized spacial score (nSPS) is 10.9. The van der Waals surface area contributed by atoms with Crippen molar-refractivity contribution in [3.8, 4) is 0 Å². The summed E-state index contributed by atoms with van der Waals surface area (Å²) in [4.78, 5) is 10.3. The van der Waals surface area contributed by atoms with Crippen LogP contribution in [-0.2, 0) is 9.53 Å². The third-order valence-electron chi connectivity index (χ3n) is 3.82. The summed E-state index contributed by atoms with van der Waals surface area (Å²) in [6.45, 7) is 3.64. The van der Waals surface area contributed by atoms with Gasteiger partial charge >= 0.3 is 5.97 Å². The summed E-state index contributed by atoms with van der Waals surface area (Å²) in [6, 6.07) is 0. The van der Waals surface area contributed by atoms with Crippen LogP contribution in [0.25, 0.3) is 0 Å². The Labute approximate surface area is 131 Å². The molecular formula is C18H36O3. The Bertz CT molecular complexity index is 217. The smallest absolute Gasteiger partial charge is 0.303 e. The third-order valence-corrected chi connectivity index (χ3v) is 3.82. The van der Waals surface area contributed by atoms with E-state index < -0.39 is 5.97 Å². The monoisotopic (exact) mass is 300 g/mol. The lowest BCUT2D eigenvalue weighted by Crippen LogP contribution is -2.01. The molecule has 0 saturated heterocycles. The first-order valence-electron chi connectivity index (χ1n) is 9.07. The summed E-state index contributed by atoms with van der Waals surface area (Å²) in [5, 5.41) is 8.47. The fourth-order valence-corrected chi connectivity index (χ4v) is 2.47. The van der Waals surface area contributed by atoms with Crippen molar-refractivity contribution in [3.05, 3.63) is 0 Å². The first kappa shape index (κ1) is 20.4. The van der Waals surface area contributed by atoms with Gasteiger partial charge in [0, 0.05) is 19.6 Å². The molecule has 1 N–H and O–H groups in total. The van der Waals surface area contributed by atoms with Gasteiger partial charge in [0.05, 0.1) is 0 Å². The second-order valence-corrected chi connectivity index (χ2v) is 6.00. The van der Waals surface area contributed by atoms with E-state index in [2.05, 4.69) is 6.92 Å². The highest BCUT2D eigenvalue weighted by Crippen LogP contribution is 2.11. The molecule has 0 aromatic carbocycles. The van der Waals surface area contributed by atoms with Crippen LogP contribution in [0.4, 0.5) is 0 Å². The van der Waals surface area contributed by atoms with Crippen molar-refractivity contribution in [1.29, 1.82) is 0 Å². The van der Waals surface area contributed by atoms with Crippen molar-refractivity contribution >= 4 is 5.97 Å². The molecule has 0 saturated carbocycles. The summed E-state index contributed by atoms with van der Waals surface area (Å²) in [5.41, 5.74) is 0. The minimum Gasteiger partial charge on any atom is -0.481 e. The number of hydrogen-bond acceptors (Lipinski definition) is 2. The van der Waals surface area contributed by atoms with Crippen molar-refractivity contribution in [2.24, 2.45) is 0 Å². The SMILES string of the molecule is CCCCCCCCCCCCCCOCCCC(=O)O. The van der Waals surface area contributed by atoms with Gasteiger partial charge in [-0.1, -0.05) is 77.6 Å². The van der Waals surface area contributed by atoms with Gasteiger partial charge in [-0.25, -0.2) is 0 Å². The van der Waals surface area contributed by atoms with Crippen LogP contribution in [0.5, 0.6) is 0 Å². The van der Waals surface area contributed by atoms with Gasteiger partial charge in [0.2, 0.25) is 0 Å². The molecule has 0 atom stereocenters. The first-order valence-corrected chi connectivity index (χ1v) is 9.07. The van der Waals surface area contributed by atoms with Gasteiger partial charge in [-0.05, 0) is 12.8 Å². The van der Waals surface area contributed by atoms with E-state index in [-0.39, 0.29) is 6.42 Å². The van der Waals surface area contributed by atoms with Crippen molar-refractivity contribution in [2.75, 3.05) is 13.2 Å². The number of carboxylic acid groups (broad SMARTS) is 1. The van der Waals surface area contributed by atoms with Gasteiger partial charge in [0.1, 0.15) is 0 Å². The van der Waals surface area contributed by atoms with Gasteiger partial charge < -0.3 is 9.84 Å². The minimum atomic E-state index is -0.732. The lowest BCUT2D eigenvalue weighted by molar-refractivity contribution is -0.137. The fraction of sp³-hybridized carbons (Fsp3) is 0.944. The Hall–Kier alpha value is -0.570. The molecule has 21 heavy (non-hydrogen) atoms. The van der Waals surface area contributed by atoms with Gasteiger partial charge in [0.15, 0.2) is 0 Å². The molecule has 3 nitrogen and oxygen atoms in total. The molecule has 126 valence electrons. The number of carbonyl (C=O) groups is 1. The maximum absolute atomic E-state index is 10.3. The summed E-state index contributed by atoms with van der Waals surface area (Å²) >= 11 is 0. The van der Waals surface area contributed by atoms with E-state index in [0.717, 1.165) is 13.0 Å². The van der Waals surface area contributed by atoms with E-state index >= 15 is 0 Å². The number of unbranched alkanes of at least 4 members (excludes halogenated alkanes) is 11. The van der Waals surface area contributed by atoms with Gasteiger partial charge in [-0.2, -0.15) is 0 Å². The molecule has 0 fully saturated rings. The molecule has 0 rings (SSSR count). The molecule has 0 aliphatic rings. The molecule has 0 aliphatic heterocycles. The van der Waals surface area contributed by atoms with Gasteiger partial charge in [0.25, 0.3) is 0 Å². The molecule has 3 heteroatoms. The van der Waals surface area contributed by atoms with E-state index in [1.54, 1.807) is 0 Å². The van der Waals surface area contributed by atoms with Crippen LogP contribution in [0.3, 0.4) is 0 Å². The zero-order valence-corrected chi connectivity index (χ0v) is 14.1. The highest BCUT2D eigenvalue weighted by Gasteiger charge is 1.96. The maximum Gasteiger partial charge on any atom is 0.303 e. The molecule has 0 heterocycles. The second kappa shape index (κ2) is 17.5. The van der Waals surface area contributed by atoms with Gasteiger partial charge in [-0.15, -0.1) is 0 Å². The Kier molecular flexibility index (Phi) is 17.0. The first-order chi connectivity index (χ1) is 10.3. The van der Waals surface area contributed by atoms with Crippen LogP contribution in [0.1, 0.15) is 96.8 Å². The number of carboxylic acids is 1. The number of aliphatic carboxylic acids is 1. The summed E-state index contributed by atoms with van der Waals surface area (Å²) < 4.78 is 5.41. The minimum absolute atomic E-state index is 0.221. The Morgan fingerprint density at radius 1 is 0.714 bits per heavy atom. The highest BCUT2D eigenvalue weighted by molar-refractivity contribution is 5.66. The Morgan fingerprint density at radius 3 is 1.62 bits per heavy atom. The largest absolute Gasteiger partial charge is 0.481 e. The highest BCUT2D eigenvalue weighted by atomic mass is 16.5. The zero-order valence-electron chi connectivity index (χ0n) is 14.1. The van der Waals surface area contributed by atoms with E-state index in [1.165, 1.54) is 70.6 Å². The topological polar surface area (TPSA) is 46.5 Å². The van der Waals surface area contributed by atoms with E-state index in [1.807, 2.05) is 0 Å². The van der Waals surface area contributed by atoms with Crippen LogP contribution in [0.15, 0.2) is 0 Å². The van der Waals surface area contributed by atoms with Crippen LogP contribution in [0.2, 0.25) is 0 Å². The molecule has 0 aromatic rings. The van der Waals surface area contributed by atoms with Crippen molar-refractivity contribution < 1.29 is 14.6 Å². The molecule has 0 radical (unpaired) electrons. The van der Waals surface area contributed by atoms with E-state index in [0.29, 0.717) is 13.0 Å². The van der Waals surface area contributed by atoms with Crippen LogP contribution in [0, 0.1) is 0 Å². The second-order valence-electron chi connectivity index (χ2n) is 6.00. The third kappa shape index (κ3) is 19.4. The van der Waals surface area contributed by atoms with Crippen LogP contribution < -0.4 is 0 Å². The lowest BCUT2D eigenvalue weighted by atomic mass is 10.1. The number of rotatable bonds is 17. The number of hydrogen-bond donors (Lipinski definition) is 1. The van der Waals surface area contributed by atoms with Crippen molar-refractivity contribution in [1.82, 2.24) is 0 Å². The Morgan fingerprint density at radius 2 is 1.14 bits per heavy atom. The quantitative estimate of drug-likeness (QED) is 0.357. The van der Waals surface area contributed by atoms with E-state index in [9.17, 15) is 4.79 Å². The predicted molar refractivity (Wildman–Crippen MR) is 88.8 cm³/mol. The Balaban J connectivity index is 2.95. The molecule has 0 spiro atoms. The number of ether oxygens (including phenoxy) is 1. The maximum atomic E-state index is 10.3. The van der Waals surface area contributed by atoms with Crippen molar-refractivity contribution in [2.45, 2.75) is 96.8 Å². The lowest BCUT2D eigenvalue weighted by Gasteiger charge is -2.04. The summed E-state index contributed by atoms with van der Waals surface area (Å²) in [6.07, 6.45) is 17.1. The molecule has 0 unspecified atom stereocenters. The van der Waals surface area contributed by atoms with Crippen molar-refractivity contribution in [3.63, 3.8) is 0 Å². The average molecular weight is 300 g/mol. The summed E-state index contributed by atoms with van der Waals surface area (Å²) in [5.74, 6) is -0.732. The van der Waals surface area contributed by atoms with Gasteiger partial charge in [-0.3, -0.25) is 4.79 Å².